The summed E-state index contributed by atoms with van der Waals surface area (Å²) >= 11 is 0. The minimum Gasteiger partial charge on any atom is -0.330 e. The Hall–Kier alpha value is -1.61. The number of hydrogen-bond acceptors (Lipinski definition) is 2. The summed E-state index contributed by atoms with van der Waals surface area (Å²) in [6, 6.07) is 8.64. The van der Waals surface area contributed by atoms with Crippen LogP contribution < -0.4 is 5.73 Å². The van der Waals surface area contributed by atoms with Gasteiger partial charge in [-0.1, -0.05) is 12.1 Å². The third kappa shape index (κ3) is 2.18. The number of benzene rings is 1. The van der Waals surface area contributed by atoms with Crippen molar-refractivity contribution in [2.75, 3.05) is 6.54 Å². The number of rotatable bonds is 4. The molecule has 1 aromatic carbocycles. The third-order valence-electron chi connectivity index (χ3n) is 3.55. The molecule has 0 bridgehead atoms. The van der Waals surface area contributed by atoms with E-state index >= 15 is 0 Å². The molecule has 0 saturated heterocycles. The van der Waals surface area contributed by atoms with Gasteiger partial charge in [-0.3, -0.25) is 0 Å². The van der Waals surface area contributed by atoms with Crippen molar-refractivity contribution in [1.82, 2.24) is 9.78 Å². The molecule has 0 atom stereocenters. The summed E-state index contributed by atoms with van der Waals surface area (Å²) in [5.41, 5.74) is 10.5. The highest BCUT2D eigenvalue weighted by atomic mass is 15.3. The fourth-order valence-electron chi connectivity index (χ4n) is 2.37. The Morgan fingerprint density at radius 3 is 2.83 bits per heavy atom. The van der Waals surface area contributed by atoms with Crippen molar-refractivity contribution >= 4 is 0 Å². The van der Waals surface area contributed by atoms with Crippen LogP contribution in [0.4, 0.5) is 0 Å². The van der Waals surface area contributed by atoms with Gasteiger partial charge in [0.1, 0.15) is 0 Å². The van der Waals surface area contributed by atoms with Gasteiger partial charge >= 0.3 is 0 Å². The second kappa shape index (κ2) is 4.58. The van der Waals surface area contributed by atoms with Gasteiger partial charge < -0.3 is 5.73 Å². The summed E-state index contributed by atoms with van der Waals surface area (Å²) in [6.45, 7) is 2.83. The van der Waals surface area contributed by atoms with Gasteiger partial charge in [0, 0.05) is 12.1 Å². The minimum absolute atomic E-state index is 0.701. The Balaban J connectivity index is 1.90. The van der Waals surface area contributed by atoms with Crippen molar-refractivity contribution in [1.29, 1.82) is 0 Å². The summed E-state index contributed by atoms with van der Waals surface area (Å²) in [7, 11) is 0. The lowest BCUT2D eigenvalue weighted by atomic mass is 10.1. The molecule has 1 aromatic heterocycles. The van der Waals surface area contributed by atoms with Gasteiger partial charge in [0.25, 0.3) is 0 Å². The Bertz CT molecular complexity index is 553. The van der Waals surface area contributed by atoms with Crippen LogP contribution >= 0.6 is 0 Å². The molecule has 0 amide bonds. The van der Waals surface area contributed by atoms with Crippen molar-refractivity contribution in [3.8, 4) is 5.69 Å². The van der Waals surface area contributed by atoms with Crippen LogP contribution in [0.2, 0.25) is 0 Å². The maximum absolute atomic E-state index is 5.59. The van der Waals surface area contributed by atoms with Crippen molar-refractivity contribution < 1.29 is 0 Å². The van der Waals surface area contributed by atoms with Crippen LogP contribution in [0.3, 0.4) is 0 Å². The van der Waals surface area contributed by atoms with Crippen molar-refractivity contribution in [2.45, 2.75) is 32.1 Å². The summed E-state index contributed by atoms with van der Waals surface area (Å²) in [4.78, 5) is 0. The number of nitrogens with two attached hydrogens (primary N) is 1. The maximum atomic E-state index is 5.59. The summed E-state index contributed by atoms with van der Waals surface area (Å²) in [6.07, 6.45) is 5.60. The Morgan fingerprint density at radius 1 is 1.33 bits per heavy atom. The van der Waals surface area contributed by atoms with E-state index in [-0.39, 0.29) is 0 Å². The summed E-state index contributed by atoms with van der Waals surface area (Å²) in [5, 5.41) is 4.67. The van der Waals surface area contributed by atoms with Crippen LogP contribution in [-0.4, -0.2) is 16.3 Å². The normalized spacial score (nSPS) is 15.0. The molecule has 18 heavy (non-hydrogen) atoms. The first kappa shape index (κ1) is 11.5. The molecule has 2 aromatic rings. The first-order chi connectivity index (χ1) is 8.78. The van der Waals surface area contributed by atoms with Gasteiger partial charge in [-0.15, -0.1) is 0 Å². The van der Waals surface area contributed by atoms with Gasteiger partial charge in [0.2, 0.25) is 0 Å². The SMILES string of the molecule is Cc1cc(CCN)ccc1-n1ccc(C2CC2)n1. The molecule has 2 N–H and O–H groups in total. The fourth-order valence-corrected chi connectivity index (χ4v) is 2.37. The Kier molecular flexibility index (Phi) is 2.92. The van der Waals surface area contributed by atoms with Crippen LogP contribution in [0.15, 0.2) is 30.5 Å². The van der Waals surface area contributed by atoms with Gasteiger partial charge in [0.15, 0.2) is 0 Å². The second-order valence-corrected chi connectivity index (χ2v) is 5.12. The Morgan fingerprint density at radius 2 is 2.17 bits per heavy atom. The summed E-state index contributed by atoms with van der Waals surface area (Å²) < 4.78 is 2.00. The van der Waals surface area contributed by atoms with E-state index in [4.69, 9.17) is 5.73 Å². The van der Waals surface area contributed by atoms with Crippen molar-refractivity contribution in [3.05, 3.63) is 47.3 Å². The lowest BCUT2D eigenvalue weighted by Gasteiger charge is -2.08. The monoisotopic (exact) mass is 241 g/mol. The average molecular weight is 241 g/mol. The molecule has 0 radical (unpaired) electrons. The lowest BCUT2D eigenvalue weighted by Crippen LogP contribution is -2.04. The maximum Gasteiger partial charge on any atom is 0.0674 e. The number of hydrogen-bond donors (Lipinski definition) is 1. The van der Waals surface area contributed by atoms with Gasteiger partial charge in [-0.2, -0.15) is 5.10 Å². The topological polar surface area (TPSA) is 43.8 Å². The highest BCUT2D eigenvalue weighted by Crippen LogP contribution is 2.39. The molecule has 1 heterocycles. The van der Waals surface area contributed by atoms with Crippen LogP contribution in [0.25, 0.3) is 5.69 Å². The predicted octanol–water partition coefficient (Wildman–Crippen LogP) is 2.56. The third-order valence-corrected chi connectivity index (χ3v) is 3.55. The molecule has 1 aliphatic carbocycles. The highest BCUT2D eigenvalue weighted by molar-refractivity contribution is 5.42. The lowest BCUT2D eigenvalue weighted by molar-refractivity contribution is 0.830. The molecule has 94 valence electrons. The van der Waals surface area contributed by atoms with Crippen LogP contribution in [0.1, 0.15) is 35.6 Å². The van der Waals surface area contributed by atoms with E-state index in [0.29, 0.717) is 12.5 Å². The second-order valence-electron chi connectivity index (χ2n) is 5.12. The highest BCUT2D eigenvalue weighted by Gasteiger charge is 2.25. The summed E-state index contributed by atoms with van der Waals surface area (Å²) in [5.74, 6) is 0.711. The molecule has 3 nitrogen and oxygen atoms in total. The molecular weight excluding hydrogens is 222 g/mol. The van der Waals surface area contributed by atoms with Crippen LogP contribution in [0, 0.1) is 6.92 Å². The minimum atomic E-state index is 0.701. The van der Waals surface area contributed by atoms with E-state index < -0.39 is 0 Å². The van der Waals surface area contributed by atoms with Gasteiger partial charge in [-0.05, 0) is 56.0 Å². The van der Waals surface area contributed by atoms with E-state index in [1.165, 1.54) is 35.3 Å². The molecule has 0 aliphatic heterocycles. The smallest absolute Gasteiger partial charge is 0.0674 e. The molecular formula is C15H19N3. The molecule has 0 spiro atoms. The molecule has 1 fully saturated rings. The average Bonchev–Trinajstić information content (AvgIpc) is 3.09. The first-order valence-corrected chi connectivity index (χ1v) is 6.63. The number of aryl methyl sites for hydroxylation is 1. The van der Waals surface area contributed by atoms with E-state index in [1.807, 2.05) is 4.68 Å². The fraction of sp³-hybridized carbons (Fsp3) is 0.400. The molecule has 3 heteroatoms. The van der Waals surface area contributed by atoms with Gasteiger partial charge in [-0.25, -0.2) is 4.68 Å². The molecule has 3 rings (SSSR count). The molecule has 0 unspecified atom stereocenters. The zero-order valence-electron chi connectivity index (χ0n) is 10.8. The van der Waals surface area contributed by atoms with Crippen molar-refractivity contribution in [3.63, 3.8) is 0 Å². The number of aromatic nitrogens is 2. The largest absolute Gasteiger partial charge is 0.330 e. The first-order valence-electron chi connectivity index (χ1n) is 6.63. The van der Waals surface area contributed by atoms with Gasteiger partial charge in [0.05, 0.1) is 11.4 Å². The quantitative estimate of drug-likeness (QED) is 0.894. The zero-order chi connectivity index (χ0) is 12.5. The standard InChI is InChI=1S/C15H19N3/c1-11-10-12(6-8-16)2-5-15(11)18-9-7-14(17-18)13-3-4-13/h2,5,7,9-10,13H,3-4,6,8,16H2,1H3. The van der Waals surface area contributed by atoms with E-state index in [2.05, 4.69) is 42.5 Å². The number of nitrogens with zero attached hydrogens (tertiary/aromatic N) is 2. The Labute approximate surface area is 108 Å². The molecule has 1 aliphatic rings. The van der Waals surface area contributed by atoms with E-state index in [0.717, 1.165) is 6.42 Å². The zero-order valence-corrected chi connectivity index (χ0v) is 10.8. The van der Waals surface area contributed by atoms with E-state index in [9.17, 15) is 0 Å². The predicted molar refractivity (Wildman–Crippen MR) is 73.0 cm³/mol. The van der Waals surface area contributed by atoms with E-state index in [1.54, 1.807) is 0 Å². The van der Waals surface area contributed by atoms with Crippen LogP contribution in [-0.2, 0) is 6.42 Å². The van der Waals surface area contributed by atoms with Crippen LogP contribution in [0.5, 0.6) is 0 Å². The van der Waals surface area contributed by atoms with Crippen molar-refractivity contribution in [2.24, 2.45) is 5.73 Å². The molecule has 1 saturated carbocycles.